The molecule has 8 nitrogen and oxygen atoms in total. The molecule has 0 bridgehead atoms. The number of benzene rings is 3. The lowest BCUT2D eigenvalue weighted by Crippen LogP contribution is -2.44. The Hall–Kier alpha value is -3.39. The number of anilines is 1. The van der Waals surface area contributed by atoms with Gasteiger partial charge in [-0.15, -0.1) is 0 Å². The second kappa shape index (κ2) is 12.2. The van der Waals surface area contributed by atoms with Crippen LogP contribution < -0.4 is 4.31 Å². The first-order chi connectivity index (χ1) is 19.4. The number of carbonyl (C=O) groups is 1. The summed E-state index contributed by atoms with van der Waals surface area (Å²) < 4.78 is 95.7. The molecule has 1 aromatic heterocycles. The summed E-state index contributed by atoms with van der Waals surface area (Å²) in [6.07, 6.45) is 1.18. The quantitative estimate of drug-likeness (QED) is 0.125. The van der Waals surface area contributed by atoms with E-state index >= 15 is 4.39 Å². The Labute approximate surface area is 241 Å². The summed E-state index contributed by atoms with van der Waals surface area (Å²) in [6.45, 7) is 2.82. The van der Waals surface area contributed by atoms with Gasteiger partial charge in [-0.05, 0) is 54.3 Å². The maximum absolute atomic E-state index is 15.9. The van der Waals surface area contributed by atoms with Crippen LogP contribution in [-0.4, -0.2) is 44.1 Å². The summed E-state index contributed by atoms with van der Waals surface area (Å²) in [4.78, 5) is 22.1. The van der Waals surface area contributed by atoms with E-state index in [2.05, 4.69) is 9.97 Å². The average Bonchev–Trinajstić information content (AvgIpc) is 2.93. The molecular formula is C27H22ClF3N3O5S2-. The van der Waals surface area contributed by atoms with Crippen LogP contribution >= 0.6 is 11.6 Å². The second-order valence-corrected chi connectivity index (χ2v) is 12.4. The minimum Gasteiger partial charge on any atom is -0.771 e. The van der Waals surface area contributed by atoms with E-state index in [1.54, 1.807) is 24.3 Å². The normalized spacial score (nSPS) is 13.2. The largest absolute Gasteiger partial charge is 0.771 e. The van der Waals surface area contributed by atoms with Gasteiger partial charge in [-0.3, -0.25) is 18.3 Å². The first-order valence-corrected chi connectivity index (χ1v) is 15.4. The van der Waals surface area contributed by atoms with Crippen LogP contribution in [0.5, 0.6) is 0 Å². The maximum atomic E-state index is 15.9. The van der Waals surface area contributed by atoms with Crippen molar-refractivity contribution in [3.63, 3.8) is 0 Å². The number of sulfonamides is 1. The van der Waals surface area contributed by atoms with Crippen LogP contribution in [0.25, 0.3) is 22.3 Å². The standard InChI is InChI=1S/C27H23ClF3N3O5S2/c1-3-11-41(38,39)34(23(4-2)40(36)37)22-13-18(29)25(30)24(26(22)31)27(35)16-7-10-19-20(12-16)33-21(14-32-19)15-5-8-17(28)9-6-15/h5-10,12-14,23H,3-4,11H2,1-2H3,(H,36,37)/p-1. The SMILES string of the molecule is CCCS(=O)(=O)N(c1cc(F)c(F)c(C(=O)c2ccc3ncc(-c4ccc(Cl)cc4)nc3c2)c1F)C(CC)S(=O)[O-]. The topological polar surface area (TPSA) is 120 Å². The van der Waals surface area contributed by atoms with Gasteiger partial charge in [-0.25, -0.2) is 26.6 Å². The van der Waals surface area contributed by atoms with Gasteiger partial charge in [-0.2, -0.15) is 0 Å². The fourth-order valence-corrected chi connectivity index (χ4v) is 7.15. The third kappa shape index (κ3) is 6.13. The molecule has 0 saturated heterocycles. The average molecular weight is 625 g/mol. The van der Waals surface area contributed by atoms with Crippen molar-refractivity contribution >= 4 is 55.2 Å². The molecule has 1 heterocycles. The molecule has 0 spiro atoms. The van der Waals surface area contributed by atoms with Gasteiger partial charge >= 0.3 is 0 Å². The molecule has 0 amide bonds. The minimum atomic E-state index is -4.53. The zero-order valence-electron chi connectivity index (χ0n) is 21.6. The lowest BCUT2D eigenvalue weighted by Gasteiger charge is -2.34. The number of fused-ring (bicyclic) bond motifs is 1. The molecule has 0 N–H and O–H groups in total. The summed E-state index contributed by atoms with van der Waals surface area (Å²) in [7, 11) is -4.53. The molecule has 4 rings (SSSR count). The fraction of sp³-hybridized carbons (Fsp3) is 0.222. The van der Waals surface area contributed by atoms with Crippen molar-refractivity contribution in [1.82, 2.24) is 9.97 Å². The van der Waals surface area contributed by atoms with Crippen LogP contribution in [0.4, 0.5) is 18.9 Å². The van der Waals surface area contributed by atoms with Gasteiger partial charge < -0.3 is 4.55 Å². The fourth-order valence-electron chi connectivity index (χ4n) is 4.23. The van der Waals surface area contributed by atoms with Crippen LogP contribution in [-0.2, 0) is 21.1 Å². The number of carbonyl (C=O) groups excluding carboxylic acids is 1. The van der Waals surface area contributed by atoms with E-state index in [0.29, 0.717) is 21.8 Å². The second-order valence-electron chi connectivity index (χ2n) is 8.91. The molecular weight excluding hydrogens is 603 g/mol. The number of nitrogens with zero attached hydrogens (tertiary/aromatic N) is 3. The highest BCUT2D eigenvalue weighted by molar-refractivity contribution is 7.94. The third-order valence-electron chi connectivity index (χ3n) is 6.14. The molecule has 0 aliphatic rings. The highest BCUT2D eigenvalue weighted by Crippen LogP contribution is 2.34. The van der Waals surface area contributed by atoms with Gasteiger partial charge in [0.25, 0.3) is 0 Å². The Balaban J connectivity index is 1.87. The number of ketones is 1. The molecule has 4 aromatic rings. The van der Waals surface area contributed by atoms with E-state index in [1.807, 2.05) is 0 Å². The summed E-state index contributed by atoms with van der Waals surface area (Å²) in [5, 5.41) is -1.34. The molecule has 41 heavy (non-hydrogen) atoms. The monoisotopic (exact) mass is 624 g/mol. The predicted octanol–water partition coefficient (Wildman–Crippen LogP) is 5.76. The Morgan fingerprint density at radius 2 is 1.73 bits per heavy atom. The zero-order valence-corrected chi connectivity index (χ0v) is 24.0. The van der Waals surface area contributed by atoms with Crippen molar-refractivity contribution in [3.05, 3.63) is 88.3 Å². The van der Waals surface area contributed by atoms with E-state index in [4.69, 9.17) is 11.6 Å². The summed E-state index contributed by atoms with van der Waals surface area (Å²) in [5.41, 5.74) is -1.18. The lowest BCUT2D eigenvalue weighted by molar-refractivity contribution is 0.103. The predicted molar refractivity (Wildman–Crippen MR) is 149 cm³/mol. The number of aromatic nitrogens is 2. The van der Waals surface area contributed by atoms with Gasteiger partial charge in [0.2, 0.25) is 10.0 Å². The Morgan fingerprint density at radius 3 is 2.34 bits per heavy atom. The molecule has 14 heteroatoms. The van der Waals surface area contributed by atoms with E-state index in [9.17, 15) is 30.8 Å². The van der Waals surface area contributed by atoms with Crippen molar-refractivity contribution in [2.45, 2.75) is 32.1 Å². The molecule has 0 aliphatic carbocycles. The van der Waals surface area contributed by atoms with Crippen LogP contribution in [0.3, 0.4) is 0 Å². The van der Waals surface area contributed by atoms with E-state index < -0.39 is 66.7 Å². The summed E-state index contributed by atoms with van der Waals surface area (Å²) in [5.74, 6) is -7.24. The van der Waals surface area contributed by atoms with Crippen LogP contribution in [0.1, 0.15) is 42.6 Å². The number of rotatable bonds is 10. The van der Waals surface area contributed by atoms with Crippen LogP contribution in [0.15, 0.2) is 54.7 Å². The van der Waals surface area contributed by atoms with Gasteiger partial charge in [0.1, 0.15) is 5.37 Å². The molecule has 0 saturated carbocycles. The van der Waals surface area contributed by atoms with Crippen molar-refractivity contribution < 1.29 is 35.1 Å². The van der Waals surface area contributed by atoms with Gasteiger partial charge in [-0.1, -0.05) is 37.6 Å². The van der Waals surface area contributed by atoms with Crippen LogP contribution in [0, 0.1) is 17.5 Å². The summed E-state index contributed by atoms with van der Waals surface area (Å²) >= 11 is 2.84. The molecule has 2 unspecified atom stereocenters. The number of halogens is 4. The van der Waals surface area contributed by atoms with E-state index in [-0.39, 0.29) is 34.3 Å². The first kappa shape index (κ1) is 30.6. The molecule has 2 atom stereocenters. The third-order valence-corrected chi connectivity index (χ3v) is 9.49. The lowest BCUT2D eigenvalue weighted by atomic mass is 10.00. The van der Waals surface area contributed by atoms with Crippen molar-refractivity contribution in [1.29, 1.82) is 0 Å². The van der Waals surface area contributed by atoms with Crippen molar-refractivity contribution in [2.75, 3.05) is 10.1 Å². The highest BCUT2D eigenvalue weighted by Gasteiger charge is 2.36. The molecule has 216 valence electrons. The Kier molecular flexibility index (Phi) is 9.12. The van der Waals surface area contributed by atoms with Crippen molar-refractivity contribution in [3.8, 4) is 11.3 Å². The Bertz CT molecular complexity index is 1770. The molecule has 0 aliphatic heterocycles. The van der Waals surface area contributed by atoms with Crippen LogP contribution in [0.2, 0.25) is 5.02 Å². The first-order valence-electron chi connectivity index (χ1n) is 12.2. The molecule has 0 radical (unpaired) electrons. The molecule has 0 fully saturated rings. The Morgan fingerprint density at radius 1 is 1.05 bits per heavy atom. The zero-order chi connectivity index (χ0) is 30.1. The molecule has 3 aromatic carbocycles. The maximum Gasteiger partial charge on any atom is 0.236 e. The van der Waals surface area contributed by atoms with Gasteiger partial charge in [0.15, 0.2) is 23.2 Å². The highest BCUT2D eigenvalue weighted by atomic mass is 35.5. The van der Waals surface area contributed by atoms with E-state index in [1.165, 1.54) is 38.2 Å². The minimum absolute atomic E-state index is 0.0218. The summed E-state index contributed by atoms with van der Waals surface area (Å²) in [6, 6.07) is 10.7. The smallest absolute Gasteiger partial charge is 0.236 e. The van der Waals surface area contributed by atoms with Gasteiger partial charge in [0, 0.05) is 22.2 Å². The van der Waals surface area contributed by atoms with E-state index in [0.717, 1.165) is 0 Å². The van der Waals surface area contributed by atoms with Gasteiger partial charge in [0.05, 0.1) is 39.9 Å². The number of hydrogen-bond donors (Lipinski definition) is 0. The van der Waals surface area contributed by atoms with Crippen molar-refractivity contribution in [2.24, 2.45) is 0 Å². The number of hydrogen-bond acceptors (Lipinski definition) is 7.